The molecule has 1 amide bonds. The Morgan fingerprint density at radius 3 is 2.70 bits per heavy atom. The molecule has 1 aliphatic heterocycles. The monoisotopic (exact) mass is 486 g/mol. The van der Waals surface area contributed by atoms with Gasteiger partial charge in [0, 0.05) is 45.1 Å². The molecule has 0 bridgehead atoms. The summed E-state index contributed by atoms with van der Waals surface area (Å²) < 4.78 is 0. The van der Waals surface area contributed by atoms with Crippen LogP contribution in [0.5, 0.6) is 0 Å². The van der Waals surface area contributed by atoms with E-state index in [0.29, 0.717) is 24.8 Å². The van der Waals surface area contributed by atoms with Crippen molar-refractivity contribution in [3.05, 3.63) is 35.9 Å². The summed E-state index contributed by atoms with van der Waals surface area (Å²) in [6.45, 7) is 10.4. The Morgan fingerprint density at radius 2 is 2.04 bits per heavy atom. The smallest absolute Gasteiger partial charge is 0.224 e. The highest BCUT2D eigenvalue weighted by molar-refractivity contribution is 14.0. The minimum Gasteiger partial charge on any atom is -0.357 e. The number of carbonyl (C=O) groups is 1. The fraction of sp³-hybridized carbons (Fsp3) is 0.619. The number of amides is 1. The van der Waals surface area contributed by atoms with Gasteiger partial charge >= 0.3 is 0 Å². The van der Waals surface area contributed by atoms with Crippen LogP contribution in [0.25, 0.3) is 0 Å². The Morgan fingerprint density at radius 1 is 1.30 bits per heavy atom. The fourth-order valence-electron chi connectivity index (χ4n) is 3.32. The van der Waals surface area contributed by atoms with E-state index < -0.39 is 0 Å². The van der Waals surface area contributed by atoms with Crippen LogP contribution in [0, 0.1) is 5.92 Å². The van der Waals surface area contributed by atoms with E-state index in [2.05, 4.69) is 60.7 Å². The predicted octanol–water partition coefficient (Wildman–Crippen LogP) is 3.61. The quantitative estimate of drug-likeness (QED) is 0.352. The fourth-order valence-corrected chi connectivity index (χ4v) is 3.32. The molecule has 2 unspecified atom stereocenters. The standard InChI is InChI=1S/C21H34N4O.HI/c1-4-22-21(24-15-18(3)19-10-6-5-7-11-19)23-13-12-20(26)25-14-8-9-17(2)16-25;/h5-7,10-11,17-18H,4,8-9,12-16H2,1-3H3,(H2,22,23,24);1H. The van der Waals surface area contributed by atoms with E-state index in [9.17, 15) is 4.79 Å². The first-order chi connectivity index (χ1) is 12.6. The molecular weight excluding hydrogens is 451 g/mol. The molecule has 0 radical (unpaired) electrons. The molecular formula is C21H35IN4O. The lowest BCUT2D eigenvalue weighted by Gasteiger charge is -2.31. The average molecular weight is 486 g/mol. The first kappa shape index (κ1) is 23.7. The maximum Gasteiger partial charge on any atom is 0.224 e. The topological polar surface area (TPSA) is 56.7 Å². The number of guanidine groups is 1. The molecule has 5 nitrogen and oxygen atoms in total. The number of nitrogens with one attached hydrogen (secondary N) is 2. The molecule has 6 heteroatoms. The molecule has 1 fully saturated rings. The van der Waals surface area contributed by atoms with E-state index in [1.54, 1.807) is 0 Å². The Labute approximate surface area is 181 Å². The maximum absolute atomic E-state index is 12.4. The van der Waals surface area contributed by atoms with Crippen molar-refractivity contribution in [2.75, 3.05) is 32.7 Å². The van der Waals surface area contributed by atoms with E-state index in [-0.39, 0.29) is 29.9 Å². The van der Waals surface area contributed by atoms with E-state index in [0.717, 1.165) is 38.6 Å². The summed E-state index contributed by atoms with van der Waals surface area (Å²) in [7, 11) is 0. The molecule has 1 aromatic rings. The zero-order chi connectivity index (χ0) is 18.8. The number of carbonyl (C=O) groups excluding carboxylic acids is 1. The number of rotatable bonds is 7. The summed E-state index contributed by atoms with van der Waals surface area (Å²) in [5, 5.41) is 6.56. The average Bonchev–Trinajstić information content (AvgIpc) is 2.66. The SMILES string of the molecule is CCNC(=NCC(C)c1ccccc1)NCCC(=O)N1CCCC(C)C1.I. The number of likely N-dealkylation sites (tertiary alicyclic amines) is 1. The largest absolute Gasteiger partial charge is 0.357 e. The number of piperidine rings is 1. The number of aliphatic imine (C=N–C) groups is 1. The van der Waals surface area contributed by atoms with Crippen molar-refractivity contribution < 1.29 is 4.79 Å². The molecule has 2 rings (SSSR count). The lowest BCUT2D eigenvalue weighted by atomic mass is 10.00. The third-order valence-electron chi connectivity index (χ3n) is 4.88. The van der Waals surface area contributed by atoms with Crippen LogP contribution in [0.4, 0.5) is 0 Å². The number of benzene rings is 1. The summed E-state index contributed by atoms with van der Waals surface area (Å²) >= 11 is 0. The van der Waals surface area contributed by atoms with E-state index >= 15 is 0 Å². The second-order valence-electron chi connectivity index (χ2n) is 7.30. The molecule has 1 saturated heterocycles. The van der Waals surface area contributed by atoms with Gasteiger partial charge in [0.2, 0.25) is 5.91 Å². The molecule has 27 heavy (non-hydrogen) atoms. The molecule has 1 aliphatic rings. The van der Waals surface area contributed by atoms with Gasteiger partial charge in [0.15, 0.2) is 5.96 Å². The second-order valence-corrected chi connectivity index (χ2v) is 7.30. The zero-order valence-corrected chi connectivity index (χ0v) is 19.2. The van der Waals surface area contributed by atoms with E-state index in [4.69, 9.17) is 0 Å². The molecule has 152 valence electrons. The third kappa shape index (κ3) is 8.49. The molecule has 0 aromatic heterocycles. The lowest BCUT2D eigenvalue weighted by Crippen LogP contribution is -2.42. The first-order valence-corrected chi connectivity index (χ1v) is 9.95. The van der Waals surface area contributed by atoms with Crippen LogP contribution in [0.15, 0.2) is 35.3 Å². The van der Waals surface area contributed by atoms with Crippen LogP contribution >= 0.6 is 24.0 Å². The molecule has 0 aliphatic carbocycles. The van der Waals surface area contributed by atoms with Gasteiger partial charge in [-0.2, -0.15) is 0 Å². The Balaban J connectivity index is 0.00000364. The van der Waals surface area contributed by atoms with Gasteiger partial charge in [-0.1, -0.05) is 44.2 Å². The molecule has 2 atom stereocenters. The molecule has 0 saturated carbocycles. The first-order valence-electron chi connectivity index (χ1n) is 9.95. The van der Waals surface area contributed by atoms with Gasteiger partial charge < -0.3 is 15.5 Å². The highest BCUT2D eigenvalue weighted by Gasteiger charge is 2.20. The second kappa shape index (κ2) is 13.0. The van der Waals surface area contributed by atoms with Gasteiger partial charge in [-0.15, -0.1) is 24.0 Å². The predicted molar refractivity (Wildman–Crippen MR) is 124 cm³/mol. The van der Waals surface area contributed by atoms with Crippen molar-refractivity contribution in [3.8, 4) is 0 Å². The summed E-state index contributed by atoms with van der Waals surface area (Å²) in [6.07, 6.45) is 2.88. The summed E-state index contributed by atoms with van der Waals surface area (Å²) in [4.78, 5) is 19.1. The Kier molecular flexibility index (Phi) is 11.4. The van der Waals surface area contributed by atoms with Crippen molar-refractivity contribution in [1.29, 1.82) is 0 Å². The van der Waals surface area contributed by atoms with Crippen LogP contribution in [-0.4, -0.2) is 49.5 Å². The van der Waals surface area contributed by atoms with Gasteiger partial charge in [-0.05, 0) is 31.2 Å². The van der Waals surface area contributed by atoms with Crippen molar-refractivity contribution in [2.24, 2.45) is 10.9 Å². The van der Waals surface area contributed by atoms with Crippen molar-refractivity contribution in [1.82, 2.24) is 15.5 Å². The van der Waals surface area contributed by atoms with Crippen molar-refractivity contribution in [3.63, 3.8) is 0 Å². The number of halogens is 1. The number of hydrogen-bond acceptors (Lipinski definition) is 2. The van der Waals surface area contributed by atoms with Gasteiger partial charge in [0.05, 0.1) is 0 Å². The third-order valence-corrected chi connectivity index (χ3v) is 4.88. The zero-order valence-electron chi connectivity index (χ0n) is 16.9. The normalized spacial score (nSPS) is 18.4. The van der Waals surface area contributed by atoms with Gasteiger partial charge in [-0.3, -0.25) is 9.79 Å². The van der Waals surface area contributed by atoms with E-state index in [1.165, 1.54) is 12.0 Å². The highest BCUT2D eigenvalue weighted by Crippen LogP contribution is 2.16. The minimum absolute atomic E-state index is 0. The summed E-state index contributed by atoms with van der Waals surface area (Å²) in [6, 6.07) is 10.4. The lowest BCUT2D eigenvalue weighted by molar-refractivity contribution is -0.132. The van der Waals surface area contributed by atoms with Crippen LogP contribution in [0.2, 0.25) is 0 Å². The highest BCUT2D eigenvalue weighted by atomic mass is 127. The van der Waals surface area contributed by atoms with Crippen LogP contribution in [-0.2, 0) is 4.79 Å². The van der Waals surface area contributed by atoms with Crippen molar-refractivity contribution >= 4 is 35.8 Å². The van der Waals surface area contributed by atoms with Gasteiger partial charge in [0.25, 0.3) is 0 Å². The molecule has 1 aromatic carbocycles. The van der Waals surface area contributed by atoms with Crippen LogP contribution < -0.4 is 10.6 Å². The minimum atomic E-state index is 0. The number of hydrogen-bond donors (Lipinski definition) is 2. The molecule has 2 N–H and O–H groups in total. The molecule has 1 heterocycles. The van der Waals surface area contributed by atoms with Gasteiger partial charge in [-0.25, -0.2) is 0 Å². The van der Waals surface area contributed by atoms with Crippen LogP contribution in [0.1, 0.15) is 51.5 Å². The van der Waals surface area contributed by atoms with E-state index in [1.807, 2.05) is 11.0 Å². The molecule has 0 spiro atoms. The maximum atomic E-state index is 12.4. The van der Waals surface area contributed by atoms with Crippen molar-refractivity contribution in [2.45, 2.75) is 46.0 Å². The Bertz CT molecular complexity index is 579. The number of nitrogens with zero attached hydrogens (tertiary/aromatic N) is 2. The summed E-state index contributed by atoms with van der Waals surface area (Å²) in [5.41, 5.74) is 1.29. The van der Waals surface area contributed by atoms with Crippen LogP contribution in [0.3, 0.4) is 0 Å². The summed E-state index contributed by atoms with van der Waals surface area (Å²) in [5.74, 6) is 2.02. The Hall–Kier alpha value is -1.31. The van der Waals surface area contributed by atoms with Gasteiger partial charge in [0.1, 0.15) is 0 Å².